The van der Waals surface area contributed by atoms with Gasteiger partial charge in [-0.25, -0.2) is 8.42 Å². The number of aryl methyl sites for hydroxylation is 1. The topological polar surface area (TPSA) is 112 Å². The molecule has 1 N–H and O–H groups in total. The largest absolute Gasteiger partial charge is 0.488 e. The first kappa shape index (κ1) is 22.4. The van der Waals surface area contributed by atoms with E-state index in [9.17, 15) is 13.2 Å². The number of halogens is 1. The van der Waals surface area contributed by atoms with Crippen LogP contribution in [0, 0.1) is 12.3 Å². The molecule has 0 radical (unpaired) electrons. The Morgan fingerprint density at radius 1 is 1.25 bits per heavy atom. The molecule has 2 aliphatic rings. The van der Waals surface area contributed by atoms with Crippen molar-refractivity contribution >= 4 is 64.9 Å². The van der Waals surface area contributed by atoms with E-state index in [1.807, 2.05) is 31.2 Å². The standard InChI is InChI=1S/C21H17BrN4O4S2/c1-12-5-3-4-6-14(12)11-30-17-8-7-13(10-16(17)22)9-15-18(23)26-20(24-19(15)27)31-21(25-26)32(2,28)29/h3-10,23H,11H2,1-2H3/b15-9-,23-18?. The summed E-state index contributed by atoms with van der Waals surface area (Å²) < 4.78 is 29.9. The first-order chi connectivity index (χ1) is 15.1. The first-order valence-corrected chi connectivity index (χ1v) is 12.8. The zero-order valence-electron chi connectivity index (χ0n) is 17.0. The molecular formula is C21H17BrN4O4S2. The lowest BCUT2D eigenvalue weighted by Crippen LogP contribution is -2.35. The van der Waals surface area contributed by atoms with Crippen molar-refractivity contribution in [2.24, 2.45) is 10.1 Å². The van der Waals surface area contributed by atoms with Crippen LogP contribution in [-0.4, -0.2) is 41.0 Å². The molecule has 164 valence electrons. The van der Waals surface area contributed by atoms with Crippen molar-refractivity contribution in [1.82, 2.24) is 5.01 Å². The van der Waals surface area contributed by atoms with Gasteiger partial charge in [0.1, 0.15) is 12.4 Å². The Hall–Kier alpha value is -2.76. The molecule has 0 atom stereocenters. The van der Waals surface area contributed by atoms with E-state index in [4.69, 9.17) is 10.1 Å². The minimum absolute atomic E-state index is 0.00771. The maximum Gasteiger partial charge on any atom is 0.283 e. The number of thioether (sulfide) groups is 1. The SMILES string of the molecule is Cc1ccccc1COc1ccc(/C=C2/C(=N)N3N=C(S(C)(=O)=O)SC3=NC2=O)cc1Br. The number of nitrogens with one attached hydrogen (secondary N) is 1. The third-order valence-electron chi connectivity index (χ3n) is 4.66. The van der Waals surface area contributed by atoms with Gasteiger partial charge >= 0.3 is 0 Å². The first-order valence-electron chi connectivity index (χ1n) is 9.30. The highest BCUT2D eigenvalue weighted by Crippen LogP contribution is 2.31. The van der Waals surface area contributed by atoms with E-state index in [-0.39, 0.29) is 21.0 Å². The molecule has 0 unspecified atom stereocenters. The molecule has 2 aliphatic heterocycles. The summed E-state index contributed by atoms with van der Waals surface area (Å²) in [6.07, 6.45) is 2.53. The third kappa shape index (κ3) is 4.54. The maximum atomic E-state index is 12.5. The zero-order chi connectivity index (χ0) is 23.0. The van der Waals surface area contributed by atoms with Crippen LogP contribution in [0.2, 0.25) is 0 Å². The van der Waals surface area contributed by atoms with Gasteiger partial charge in [0.05, 0.1) is 10.0 Å². The molecular weight excluding hydrogens is 516 g/mol. The average molecular weight is 533 g/mol. The molecule has 32 heavy (non-hydrogen) atoms. The van der Waals surface area contributed by atoms with Crippen molar-refractivity contribution in [3.8, 4) is 5.75 Å². The number of aliphatic imine (C=N–C) groups is 1. The fourth-order valence-electron chi connectivity index (χ4n) is 2.94. The van der Waals surface area contributed by atoms with Crippen molar-refractivity contribution < 1.29 is 17.9 Å². The summed E-state index contributed by atoms with van der Waals surface area (Å²) in [5, 5.41) is 13.4. The Bertz CT molecular complexity index is 1350. The van der Waals surface area contributed by atoms with Crippen LogP contribution in [0.25, 0.3) is 6.08 Å². The Morgan fingerprint density at radius 3 is 2.69 bits per heavy atom. The smallest absolute Gasteiger partial charge is 0.283 e. The number of fused-ring (bicyclic) bond motifs is 1. The lowest BCUT2D eigenvalue weighted by atomic mass is 10.1. The van der Waals surface area contributed by atoms with Crippen LogP contribution in [0.15, 0.2) is 62.6 Å². The molecule has 2 heterocycles. The number of hydrazone groups is 1. The average Bonchev–Trinajstić information content (AvgIpc) is 3.16. The van der Waals surface area contributed by atoms with Gasteiger partial charge in [0, 0.05) is 6.26 Å². The molecule has 0 saturated heterocycles. The van der Waals surface area contributed by atoms with Crippen LogP contribution >= 0.6 is 27.7 Å². The zero-order valence-corrected chi connectivity index (χ0v) is 20.2. The number of sulfone groups is 1. The molecule has 4 rings (SSSR count). The third-order valence-corrected chi connectivity index (χ3v) is 7.86. The molecule has 0 bridgehead atoms. The number of carbonyl (C=O) groups is 1. The van der Waals surface area contributed by atoms with Gasteiger partial charge in [0.15, 0.2) is 5.84 Å². The van der Waals surface area contributed by atoms with Crippen LogP contribution in [0.1, 0.15) is 16.7 Å². The lowest BCUT2D eigenvalue weighted by Gasteiger charge is -2.20. The molecule has 2 aromatic rings. The minimum Gasteiger partial charge on any atom is -0.488 e. The van der Waals surface area contributed by atoms with E-state index in [0.717, 1.165) is 34.2 Å². The molecule has 0 fully saturated rings. The summed E-state index contributed by atoms with van der Waals surface area (Å²) in [5.74, 6) is -0.226. The monoisotopic (exact) mass is 532 g/mol. The van der Waals surface area contributed by atoms with E-state index in [2.05, 4.69) is 26.0 Å². The summed E-state index contributed by atoms with van der Waals surface area (Å²) in [5.41, 5.74) is 2.87. The Kier molecular flexibility index (Phi) is 6.06. The van der Waals surface area contributed by atoms with Gasteiger partial charge in [0.2, 0.25) is 19.4 Å². The van der Waals surface area contributed by atoms with Crippen LogP contribution < -0.4 is 4.74 Å². The maximum absolute atomic E-state index is 12.5. The number of rotatable bonds is 4. The molecule has 11 heteroatoms. The summed E-state index contributed by atoms with van der Waals surface area (Å²) in [6, 6.07) is 13.3. The highest BCUT2D eigenvalue weighted by atomic mass is 79.9. The number of carbonyl (C=O) groups excluding carboxylic acids is 1. The fraction of sp³-hybridized carbons (Fsp3) is 0.143. The van der Waals surface area contributed by atoms with Crippen LogP contribution in [0.3, 0.4) is 0 Å². The molecule has 2 aromatic carbocycles. The Balaban J connectivity index is 1.56. The van der Waals surface area contributed by atoms with Crippen molar-refractivity contribution in [1.29, 1.82) is 5.41 Å². The number of amides is 1. The molecule has 0 saturated carbocycles. The number of ether oxygens (including phenoxy) is 1. The molecule has 0 aromatic heterocycles. The highest BCUT2D eigenvalue weighted by Gasteiger charge is 2.38. The predicted molar refractivity (Wildman–Crippen MR) is 130 cm³/mol. The van der Waals surface area contributed by atoms with E-state index < -0.39 is 15.7 Å². The van der Waals surface area contributed by atoms with Gasteiger partial charge in [0.25, 0.3) is 5.91 Å². The van der Waals surface area contributed by atoms with Crippen molar-refractivity contribution in [2.45, 2.75) is 13.5 Å². The summed E-state index contributed by atoms with van der Waals surface area (Å²) >= 11 is 4.24. The summed E-state index contributed by atoms with van der Waals surface area (Å²) in [6.45, 7) is 2.44. The number of benzene rings is 2. The number of hydrogen-bond donors (Lipinski definition) is 1. The molecule has 1 amide bonds. The number of nitrogens with zero attached hydrogens (tertiary/aromatic N) is 3. The summed E-state index contributed by atoms with van der Waals surface area (Å²) in [7, 11) is -3.57. The van der Waals surface area contributed by atoms with Crippen LogP contribution in [0.4, 0.5) is 0 Å². The van der Waals surface area contributed by atoms with Gasteiger partial charge in [-0.05, 0) is 69.5 Å². The van der Waals surface area contributed by atoms with E-state index in [1.54, 1.807) is 18.2 Å². The number of amidine groups is 2. The lowest BCUT2D eigenvalue weighted by molar-refractivity contribution is -0.114. The predicted octanol–water partition coefficient (Wildman–Crippen LogP) is 3.96. The highest BCUT2D eigenvalue weighted by molar-refractivity contribution is 9.10. The van der Waals surface area contributed by atoms with Crippen molar-refractivity contribution in [3.05, 3.63) is 69.2 Å². The van der Waals surface area contributed by atoms with Gasteiger partial charge in [-0.15, -0.1) is 5.10 Å². The summed E-state index contributed by atoms with van der Waals surface area (Å²) in [4.78, 5) is 16.4. The second-order valence-electron chi connectivity index (χ2n) is 7.06. The minimum atomic E-state index is -3.57. The molecule has 0 aliphatic carbocycles. The second kappa shape index (κ2) is 8.64. The Labute approximate surface area is 197 Å². The molecule has 8 nitrogen and oxygen atoms in total. The normalized spacial score (nSPS) is 17.3. The van der Waals surface area contributed by atoms with Gasteiger partial charge in [-0.1, -0.05) is 30.3 Å². The Morgan fingerprint density at radius 2 is 2.00 bits per heavy atom. The van der Waals surface area contributed by atoms with Crippen molar-refractivity contribution in [2.75, 3.05) is 6.26 Å². The fourth-order valence-corrected chi connectivity index (χ4v) is 5.14. The quantitative estimate of drug-likeness (QED) is 0.596. The number of hydrogen-bond acceptors (Lipinski definition) is 7. The van der Waals surface area contributed by atoms with Gasteiger partial charge in [-0.2, -0.15) is 10.0 Å². The van der Waals surface area contributed by atoms with Gasteiger partial charge in [-0.3, -0.25) is 10.2 Å². The van der Waals surface area contributed by atoms with Crippen molar-refractivity contribution in [3.63, 3.8) is 0 Å². The van der Waals surface area contributed by atoms with E-state index in [1.165, 1.54) is 6.08 Å². The van der Waals surface area contributed by atoms with Gasteiger partial charge < -0.3 is 4.74 Å². The van der Waals surface area contributed by atoms with Crippen LogP contribution in [-0.2, 0) is 21.2 Å². The van der Waals surface area contributed by atoms with E-state index >= 15 is 0 Å². The molecule has 0 spiro atoms. The van der Waals surface area contributed by atoms with Crippen LogP contribution in [0.5, 0.6) is 5.75 Å². The second-order valence-corrected chi connectivity index (χ2v) is 11.1. The van der Waals surface area contributed by atoms with E-state index in [0.29, 0.717) is 22.4 Å².